The molecule has 1 fully saturated rings. The number of amides is 1. The van der Waals surface area contributed by atoms with Crippen molar-refractivity contribution < 1.29 is 19.1 Å². The monoisotopic (exact) mass is 280 g/mol. The zero-order valence-corrected chi connectivity index (χ0v) is 11.1. The predicted octanol–water partition coefficient (Wildman–Crippen LogP) is 1.99. The highest BCUT2D eigenvalue weighted by Crippen LogP contribution is 2.36. The second-order valence-electron chi connectivity index (χ2n) is 5.19. The summed E-state index contributed by atoms with van der Waals surface area (Å²) in [6.07, 6.45) is 4.85. The molecule has 0 unspecified atom stereocenters. The van der Waals surface area contributed by atoms with Gasteiger partial charge in [0.1, 0.15) is 11.5 Å². The molecule has 1 amide bonds. The van der Waals surface area contributed by atoms with E-state index in [1.54, 1.807) is 0 Å². The quantitative estimate of drug-likeness (QED) is 0.884. The average Bonchev–Trinajstić information content (AvgIpc) is 2.46. The lowest BCUT2D eigenvalue weighted by molar-refractivity contribution is -0.150. The summed E-state index contributed by atoms with van der Waals surface area (Å²) in [7, 11) is 0. The maximum atomic E-state index is 12.7. The minimum atomic E-state index is -0.881. The van der Waals surface area contributed by atoms with Crippen LogP contribution in [0.5, 0.6) is 0 Å². The van der Waals surface area contributed by atoms with Gasteiger partial charge in [-0.3, -0.25) is 9.59 Å². The lowest BCUT2D eigenvalue weighted by Crippen LogP contribution is -2.44. The fourth-order valence-electron chi connectivity index (χ4n) is 2.54. The molecular formula is C14H17FN2O3. The van der Waals surface area contributed by atoms with Crippen molar-refractivity contribution >= 4 is 11.9 Å². The molecule has 6 heteroatoms. The van der Waals surface area contributed by atoms with Crippen LogP contribution in [0.15, 0.2) is 18.3 Å². The number of hydrogen-bond acceptors (Lipinski definition) is 3. The molecule has 0 saturated heterocycles. The van der Waals surface area contributed by atoms with Crippen LogP contribution in [0.3, 0.4) is 0 Å². The number of aromatic nitrogens is 1. The Hall–Kier alpha value is -1.98. The number of carboxylic acid groups (broad SMARTS) is 1. The maximum Gasteiger partial charge on any atom is 0.311 e. The van der Waals surface area contributed by atoms with Crippen LogP contribution >= 0.6 is 0 Å². The van der Waals surface area contributed by atoms with Crippen LogP contribution in [0.1, 0.15) is 42.6 Å². The van der Waals surface area contributed by atoms with Gasteiger partial charge in [-0.2, -0.15) is 0 Å². The Balaban J connectivity index is 2.00. The highest BCUT2D eigenvalue weighted by molar-refractivity contribution is 5.92. The van der Waals surface area contributed by atoms with E-state index in [4.69, 9.17) is 0 Å². The molecule has 1 aliphatic carbocycles. The van der Waals surface area contributed by atoms with Crippen molar-refractivity contribution in [3.05, 3.63) is 29.8 Å². The second kappa shape index (κ2) is 5.98. The van der Waals surface area contributed by atoms with Gasteiger partial charge in [0.25, 0.3) is 5.91 Å². The molecule has 0 bridgehead atoms. The topological polar surface area (TPSA) is 79.3 Å². The highest BCUT2D eigenvalue weighted by atomic mass is 19.1. The average molecular weight is 280 g/mol. The number of rotatable bonds is 4. The number of aliphatic carboxylic acids is 1. The summed E-state index contributed by atoms with van der Waals surface area (Å²) >= 11 is 0. The standard InChI is InChI=1S/C14H17FN2O3/c15-10-4-5-11(16-8-10)12(18)17-9-14(13(19)20)6-2-1-3-7-14/h4-5,8H,1-3,6-7,9H2,(H,17,18)(H,19,20). The SMILES string of the molecule is O=C(NCC1(C(=O)O)CCCCC1)c1ccc(F)cn1. The van der Waals surface area contributed by atoms with Crippen molar-refractivity contribution in [1.82, 2.24) is 10.3 Å². The molecule has 2 rings (SSSR count). The molecule has 1 aromatic heterocycles. The van der Waals surface area contributed by atoms with Crippen LogP contribution in [-0.4, -0.2) is 28.5 Å². The number of nitrogens with zero attached hydrogens (tertiary/aromatic N) is 1. The summed E-state index contributed by atoms with van der Waals surface area (Å²) in [5, 5.41) is 12.0. The summed E-state index contributed by atoms with van der Waals surface area (Å²) in [6, 6.07) is 2.43. The zero-order valence-electron chi connectivity index (χ0n) is 11.1. The van der Waals surface area contributed by atoms with Crippen molar-refractivity contribution in [3.63, 3.8) is 0 Å². The van der Waals surface area contributed by atoms with Gasteiger partial charge in [0.05, 0.1) is 11.6 Å². The van der Waals surface area contributed by atoms with Gasteiger partial charge in [0.15, 0.2) is 0 Å². The van der Waals surface area contributed by atoms with Gasteiger partial charge in [-0.05, 0) is 25.0 Å². The van der Waals surface area contributed by atoms with E-state index in [1.807, 2.05) is 0 Å². The normalized spacial score (nSPS) is 17.4. The number of carbonyl (C=O) groups is 2. The van der Waals surface area contributed by atoms with Gasteiger partial charge in [-0.15, -0.1) is 0 Å². The van der Waals surface area contributed by atoms with Crippen LogP contribution in [0.2, 0.25) is 0 Å². The smallest absolute Gasteiger partial charge is 0.311 e. The minimum Gasteiger partial charge on any atom is -0.481 e. The van der Waals surface area contributed by atoms with Crippen LogP contribution in [-0.2, 0) is 4.79 Å². The maximum absolute atomic E-state index is 12.7. The van der Waals surface area contributed by atoms with Crippen LogP contribution in [0.25, 0.3) is 0 Å². The fraction of sp³-hybridized carbons (Fsp3) is 0.500. The van der Waals surface area contributed by atoms with E-state index < -0.39 is 23.1 Å². The van der Waals surface area contributed by atoms with Gasteiger partial charge in [0.2, 0.25) is 0 Å². The first-order valence-electron chi connectivity index (χ1n) is 6.67. The Morgan fingerprint density at radius 3 is 2.55 bits per heavy atom. The molecule has 1 heterocycles. The summed E-state index contributed by atoms with van der Waals surface area (Å²) in [6.45, 7) is 0.0836. The van der Waals surface area contributed by atoms with E-state index >= 15 is 0 Å². The number of carboxylic acids is 1. The summed E-state index contributed by atoms with van der Waals surface area (Å²) in [5.74, 6) is -1.86. The van der Waals surface area contributed by atoms with Gasteiger partial charge in [-0.1, -0.05) is 19.3 Å². The molecular weight excluding hydrogens is 263 g/mol. The van der Waals surface area contributed by atoms with E-state index in [0.717, 1.165) is 31.5 Å². The molecule has 1 saturated carbocycles. The summed E-state index contributed by atoms with van der Waals surface area (Å²) < 4.78 is 12.7. The molecule has 5 nitrogen and oxygen atoms in total. The molecule has 0 atom stereocenters. The summed E-state index contributed by atoms with van der Waals surface area (Å²) in [4.78, 5) is 27.0. The first-order chi connectivity index (χ1) is 9.53. The Bertz CT molecular complexity index is 496. The van der Waals surface area contributed by atoms with Crippen molar-refractivity contribution in [2.75, 3.05) is 6.54 Å². The lowest BCUT2D eigenvalue weighted by atomic mass is 9.74. The first kappa shape index (κ1) is 14.4. The predicted molar refractivity (Wildman–Crippen MR) is 69.7 cm³/mol. The van der Waals surface area contributed by atoms with Crippen molar-refractivity contribution in [2.45, 2.75) is 32.1 Å². The second-order valence-corrected chi connectivity index (χ2v) is 5.19. The minimum absolute atomic E-state index is 0.0836. The van der Waals surface area contributed by atoms with E-state index in [-0.39, 0.29) is 12.2 Å². The lowest BCUT2D eigenvalue weighted by Gasteiger charge is -2.33. The highest BCUT2D eigenvalue weighted by Gasteiger charge is 2.39. The van der Waals surface area contributed by atoms with Crippen LogP contribution in [0, 0.1) is 11.2 Å². The van der Waals surface area contributed by atoms with Gasteiger partial charge < -0.3 is 10.4 Å². The van der Waals surface area contributed by atoms with E-state index in [0.29, 0.717) is 12.8 Å². The van der Waals surface area contributed by atoms with Crippen molar-refractivity contribution in [3.8, 4) is 0 Å². The van der Waals surface area contributed by atoms with Gasteiger partial charge in [0, 0.05) is 6.54 Å². The molecule has 0 spiro atoms. The Morgan fingerprint density at radius 2 is 2.00 bits per heavy atom. The number of halogens is 1. The van der Waals surface area contributed by atoms with E-state index in [2.05, 4.69) is 10.3 Å². The molecule has 0 radical (unpaired) electrons. The number of carbonyl (C=O) groups excluding carboxylic acids is 1. The van der Waals surface area contributed by atoms with Crippen molar-refractivity contribution in [1.29, 1.82) is 0 Å². The van der Waals surface area contributed by atoms with E-state index in [1.165, 1.54) is 6.07 Å². The largest absolute Gasteiger partial charge is 0.481 e. The molecule has 1 aliphatic rings. The fourth-order valence-corrected chi connectivity index (χ4v) is 2.54. The summed E-state index contributed by atoms with van der Waals surface area (Å²) in [5.41, 5.74) is -0.795. The molecule has 0 aliphatic heterocycles. The Kier molecular flexibility index (Phi) is 4.32. The van der Waals surface area contributed by atoms with Gasteiger partial charge >= 0.3 is 5.97 Å². The third-order valence-corrected chi connectivity index (χ3v) is 3.81. The molecule has 20 heavy (non-hydrogen) atoms. The molecule has 108 valence electrons. The Morgan fingerprint density at radius 1 is 1.30 bits per heavy atom. The van der Waals surface area contributed by atoms with Gasteiger partial charge in [-0.25, -0.2) is 9.37 Å². The first-order valence-corrected chi connectivity index (χ1v) is 6.67. The Labute approximate surface area is 116 Å². The molecule has 0 aromatic carbocycles. The van der Waals surface area contributed by atoms with Crippen LogP contribution < -0.4 is 5.32 Å². The van der Waals surface area contributed by atoms with E-state index in [9.17, 15) is 19.1 Å². The zero-order chi connectivity index (χ0) is 14.6. The third kappa shape index (κ3) is 3.12. The number of nitrogens with one attached hydrogen (secondary N) is 1. The van der Waals surface area contributed by atoms with Crippen molar-refractivity contribution in [2.24, 2.45) is 5.41 Å². The molecule has 1 aromatic rings. The molecule has 2 N–H and O–H groups in total. The number of pyridine rings is 1. The third-order valence-electron chi connectivity index (χ3n) is 3.81. The van der Waals surface area contributed by atoms with Crippen LogP contribution in [0.4, 0.5) is 4.39 Å². The number of hydrogen-bond donors (Lipinski definition) is 2.